The fourth-order valence-electron chi connectivity index (χ4n) is 12.6. The summed E-state index contributed by atoms with van der Waals surface area (Å²) in [7, 11) is -8.06. The fourth-order valence-corrected chi connectivity index (χ4v) is 18.9. The molecular formula is C82H172N4O7SSi4. The molecule has 16 heteroatoms. The van der Waals surface area contributed by atoms with Gasteiger partial charge in [-0.25, -0.2) is 0 Å². The molecule has 1 saturated heterocycles. The minimum Gasteiger partial charge on any atom is -0.464 e. The van der Waals surface area contributed by atoms with E-state index in [1.165, 1.54) is 166 Å². The van der Waals surface area contributed by atoms with Gasteiger partial charge in [0.15, 0.2) is 38.4 Å². The molecule has 4 atom stereocenters. The Labute approximate surface area is 620 Å². The van der Waals surface area contributed by atoms with Crippen LogP contribution in [0.15, 0.2) is 0 Å². The number of esters is 1. The van der Waals surface area contributed by atoms with Crippen LogP contribution in [0.1, 0.15) is 329 Å². The molecule has 0 N–H and O–H groups in total. The largest absolute Gasteiger partial charge is 0.464 e. The number of thioether (sulfide) groups is 1. The number of carbonyl (C=O) groups excluding carboxylic acids is 2. The molecule has 1 fully saturated rings. The van der Waals surface area contributed by atoms with Gasteiger partial charge in [0.05, 0.1) is 24.4 Å². The van der Waals surface area contributed by atoms with E-state index in [1.807, 2.05) is 0 Å². The minimum absolute atomic E-state index is 0.0723. The third kappa shape index (κ3) is 44.2. The third-order valence-corrected chi connectivity index (χ3v) is 42.5. The zero-order chi connectivity index (χ0) is 74.0. The number of unbranched alkanes of at least 4 members (excludes halogenated alkanes) is 22. The second-order valence-corrected chi connectivity index (χ2v) is 57.0. The first-order valence-electron chi connectivity index (χ1n) is 41.7. The van der Waals surface area contributed by atoms with Crippen LogP contribution in [0.25, 0.3) is 0 Å². The molecule has 11 nitrogen and oxygen atoms in total. The van der Waals surface area contributed by atoms with Crippen LogP contribution in [0.4, 0.5) is 0 Å². The van der Waals surface area contributed by atoms with Gasteiger partial charge in [0.1, 0.15) is 6.61 Å². The molecule has 584 valence electrons. The summed E-state index contributed by atoms with van der Waals surface area (Å²) >= 11 is 1.54. The second-order valence-electron chi connectivity index (χ2n) is 36.8. The summed E-state index contributed by atoms with van der Waals surface area (Å²) in [6, 6.07) is 0. The maximum atomic E-state index is 13.5. The number of rotatable bonds is 60. The molecule has 1 aliphatic heterocycles. The van der Waals surface area contributed by atoms with Crippen LogP contribution in [-0.2, 0) is 32.0 Å². The van der Waals surface area contributed by atoms with Crippen LogP contribution in [0.2, 0.25) is 72.5 Å². The van der Waals surface area contributed by atoms with Gasteiger partial charge in [0.25, 0.3) is 0 Å². The van der Waals surface area contributed by atoms with E-state index < -0.39 is 33.3 Å². The predicted octanol–water partition coefficient (Wildman–Crippen LogP) is 23.9. The standard InChI is InChI=1S/C82H172N4O7SSi4/c1-25-29-33-37-41-45-53-73(90-95(17,18)79(5,6)7)69-85(70-74(54-46-42-38-34-30-26-2)91-96(19,20)80(8,9)10)59-51-49-57-77(87)89-67-65-83-61-63-84(64-62-83)66-68-94-78(88)58-50-52-60-86(71-75(55-47-43-39-35-31-27-3)92-97(21,22)81(11,12)13)72-76(56-48-44-40-36-32-28-4)93-98(23,24)82(14,15)16/h73-76H,25-72H2,1-24H3. The average molecular weight is 1470 g/mol. The average Bonchev–Trinajstić information content (AvgIpc) is 0.850. The van der Waals surface area contributed by atoms with Gasteiger partial charge in [-0.3, -0.25) is 29.2 Å². The lowest BCUT2D eigenvalue weighted by Gasteiger charge is -2.42. The molecule has 98 heavy (non-hydrogen) atoms. The Balaban J connectivity index is 2.98. The molecule has 0 radical (unpaired) electrons. The maximum absolute atomic E-state index is 13.5. The molecular weight excluding hydrogens is 1300 g/mol. The van der Waals surface area contributed by atoms with Crippen molar-refractivity contribution in [3.05, 3.63) is 0 Å². The van der Waals surface area contributed by atoms with Crippen molar-refractivity contribution in [3.8, 4) is 0 Å². The van der Waals surface area contributed by atoms with Crippen molar-refractivity contribution in [1.82, 2.24) is 19.6 Å². The van der Waals surface area contributed by atoms with Gasteiger partial charge >= 0.3 is 5.97 Å². The van der Waals surface area contributed by atoms with E-state index in [9.17, 15) is 9.59 Å². The normalized spacial score (nSPS) is 16.0. The van der Waals surface area contributed by atoms with Gasteiger partial charge in [-0.2, -0.15) is 0 Å². The van der Waals surface area contributed by atoms with Gasteiger partial charge < -0.3 is 22.4 Å². The Morgan fingerprint density at radius 1 is 0.367 bits per heavy atom. The summed E-state index contributed by atoms with van der Waals surface area (Å²) in [5, 5.41) is 0.919. The summed E-state index contributed by atoms with van der Waals surface area (Å²) in [6.45, 7) is 68.9. The molecule has 1 rings (SSSR count). The number of hydrogen-bond acceptors (Lipinski definition) is 12. The first-order valence-corrected chi connectivity index (χ1v) is 54.4. The van der Waals surface area contributed by atoms with Gasteiger partial charge in [0, 0.05) is 84.0 Å². The van der Waals surface area contributed by atoms with E-state index in [0.29, 0.717) is 24.6 Å². The number of piperazine rings is 1. The van der Waals surface area contributed by atoms with Gasteiger partial charge in [-0.05, 0) is 137 Å². The maximum Gasteiger partial charge on any atom is 0.305 e. The summed E-state index contributed by atoms with van der Waals surface area (Å²) < 4.78 is 35.4. The van der Waals surface area contributed by atoms with E-state index in [-0.39, 0.29) is 50.5 Å². The first-order chi connectivity index (χ1) is 45.8. The smallest absolute Gasteiger partial charge is 0.305 e. The van der Waals surface area contributed by atoms with Crippen LogP contribution in [0.3, 0.4) is 0 Å². The number of carbonyl (C=O) groups is 2. The Kier molecular flexibility index (Phi) is 50.3. The molecule has 0 spiro atoms. The fraction of sp³-hybridized carbons (Fsp3) is 0.976. The SMILES string of the molecule is CCCCCCCCC(CN(CCCCC(=O)OCCN1CCN(CCSC(=O)CCCCN(CC(CCCCCCCC)O[Si](C)(C)C(C)(C)C)CC(CCCCCCCC)O[Si](C)(C)C(C)(C)C)CC1)CC(CCCCCCCC)O[Si](C)(C)C(C)(C)C)O[Si](C)(C)C(C)(C)C. The zero-order valence-corrected chi connectivity index (χ0v) is 75.1. The highest BCUT2D eigenvalue weighted by molar-refractivity contribution is 8.13. The van der Waals surface area contributed by atoms with Crippen molar-refractivity contribution in [2.24, 2.45) is 0 Å². The van der Waals surface area contributed by atoms with E-state index in [0.717, 1.165) is 136 Å². The van der Waals surface area contributed by atoms with Crippen LogP contribution < -0.4 is 0 Å². The molecule has 0 aliphatic carbocycles. The summed E-state index contributed by atoms with van der Waals surface area (Å²) in [4.78, 5) is 37.3. The van der Waals surface area contributed by atoms with Crippen molar-refractivity contribution in [2.75, 3.05) is 90.9 Å². The Bertz CT molecular complexity index is 1750. The van der Waals surface area contributed by atoms with Crippen molar-refractivity contribution in [3.63, 3.8) is 0 Å². The molecule has 0 aromatic heterocycles. The van der Waals surface area contributed by atoms with E-state index >= 15 is 0 Å². The first kappa shape index (κ1) is 96.0. The van der Waals surface area contributed by atoms with E-state index in [4.69, 9.17) is 22.4 Å². The third-order valence-electron chi connectivity index (χ3n) is 23.5. The monoisotopic (exact) mass is 1470 g/mol. The van der Waals surface area contributed by atoms with Crippen molar-refractivity contribution in [2.45, 2.75) is 426 Å². The molecule has 0 aromatic carbocycles. The summed E-state index contributed by atoms with van der Waals surface area (Å²) in [5.41, 5.74) is 0. The Morgan fingerprint density at radius 2 is 0.633 bits per heavy atom. The van der Waals surface area contributed by atoms with Crippen molar-refractivity contribution < 1.29 is 32.0 Å². The molecule has 1 heterocycles. The molecule has 0 saturated carbocycles. The number of ether oxygens (including phenoxy) is 1. The van der Waals surface area contributed by atoms with Gasteiger partial charge in [-0.1, -0.05) is 277 Å². The van der Waals surface area contributed by atoms with Crippen LogP contribution >= 0.6 is 11.8 Å². The lowest BCUT2D eigenvalue weighted by atomic mass is 10.1. The van der Waals surface area contributed by atoms with Gasteiger partial charge in [-0.15, -0.1) is 0 Å². The predicted molar refractivity (Wildman–Crippen MR) is 442 cm³/mol. The number of nitrogens with zero attached hydrogens (tertiary/aromatic N) is 4. The highest BCUT2D eigenvalue weighted by atomic mass is 32.2. The quantitative estimate of drug-likeness (QED) is 0.0330. The van der Waals surface area contributed by atoms with Crippen molar-refractivity contribution >= 4 is 56.1 Å². The Morgan fingerprint density at radius 3 is 0.918 bits per heavy atom. The van der Waals surface area contributed by atoms with Crippen LogP contribution in [-0.4, -0.2) is 179 Å². The summed E-state index contributed by atoms with van der Waals surface area (Å²) in [6.07, 6.45) is 41.1. The topological polar surface area (TPSA) is 93.3 Å². The molecule has 0 amide bonds. The molecule has 0 bridgehead atoms. The molecule has 0 aromatic rings. The van der Waals surface area contributed by atoms with Crippen LogP contribution in [0, 0.1) is 0 Å². The molecule has 1 aliphatic rings. The second kappa shape index (κ2) is 51.3. The molecule has 4 unspecified atom stereocenters. The van der Waals surface area contributed by atoms with Crippen LogP contribution in [0.5, 0.6) is 0 Å². The van der Waals surface area contributed by atoms with E-state index in [2.05, 4.69) is 183 Å². The lowest BCUT2D eigenvalue weighted by molar-refractivity contribution is -0.144. The Hall–Kier alpha value is 0.0375. The summed E-state index contributed by atoms with van der Waals surface area (Å²) in [5.74, 6) is 0.766. The van der Waals surface area contributed by atoms with E-state index in [1.54, 1.807) is 0 Å². The zero-order valence-electron chi connectivity index (χ0n) is 70.3. The lowest BCUT2D eigenvalue weighted by Crippen LogP contribution is -2.50. The van der Waals surface area contributed by atoms with Crippen molar-refractivity contribution in [1.29, 1.82) is 0 Å². The van der Waals surface area contributed by atoms with Gasteiger partial charge in [0.2, 0.25) is 0 Å². The number of hydrogen-bond donors (Lipinski definition) is 0. The highest BCUT2D eigenvalue weighted by Crippen LogP contribution is 2.42. The minimum atomic E-state index is -2.02. The highest BCUT2D eigenvalue weighted by Gasteiger charge is 2.43.